The molecule has 0 saturated heterocycles. The highest BCUT2D eigenvalue weighted by Gasteiger charge is 2.32. The van der Waals surface area contributed by atoms with E-state index in [1.54, 1.807) is 23.3 Å². The maximum Gasteiger partial charge on any atom is 0.283 e. The topological polar surface area (TPSA) is 63.5 Å². The third kappa shape index (κ3) is 2.70. The molecule has 6 heteroatoms. The minimum absolute atomic E-state index is 0.0246. The zero-order chi connectivity index (χ0) is 16.6. The smallest absolute Gasteiger partial charge is 0.283 e. The van der Waals surface area contributed by atoms with Gasteiger partial charge in [0.1, 0.15) is 0 Å². The Morgan fingerprint density at radius 1 is 1.30 bits per heavy atom. The summed E-state index contributed by atoms with van der Waals surface area (Å²) in [4.78, 5) is 25.9. The third-order valence-corrected chi connectivity index (χ3v) is 4.83. The van der Waals surface area contributed by atoms with Gasteiger partial charge in [-0.2, -0.15) is 0 Å². The van der Waals surface area contributed by atoms with Gasteiger partial charge >= 0.3 is 0 Å². The van der Waals surface area contributed by atoms with Crippen molar-refractivity contribution in [1.82, 2.24) is 0 Å². The zero-order valence-corrected chi connectivity index (χ0v) is 13.7. The lowest BCUT2D eigenvalue weighted by Gasteiger charge is -2.22. The van der Waals surface area contributed by atoms with E-state index in [-0.39, 0.29) is 17.6 Å². The van der Waals surface area contributed by atoms with Gasteiger partial charge in [0.15, 0.2) is 0 Å². The van der Waals surface area contributed by atoms with E-state index in [4.69, 9.17) is 0 Å². The van der Waals surface area contributed by atoms with Crippen LogP contribution < -0.4 is 4.90 Å². The first-order chi connectivity index (χ1) is 11.0. The number of hydrogen-bond acceptors (Lipinski definition) is 4. The molecule has 1 heterocycles. The number of carbonyl (C=O) groups excluding carboxylic acids is 1. The van der Waals surface area contributed by atoms with Gasteiger partial charge in [-0.1, -0.05) is 18.2 Å². The number of nitro benzene ring substituents is 1. The Balaban J connectivity index is 2.01. The molecule has 0 radical (unpaired) electrons. The van der Waals surface area contributed by atoms with Crippen molar-refractivity contribution in [3.8, 4) is 0 Å². The molecule has 0 aliphatic carbocycles. The first-order valence-corrected chi connectivity index (χ1v) is 8.49. The van der Waals surface area contributed by atoms with Gasteiger partial charge in [0.05, 0.1) is 9.82 Å². The van der Waals surface area contributed by atoms with Crippen LogP contribution in [0.2, 0.25) is 0 Å². The summed E-state index contributed by atoms with van der Waals surface area (Å²) in [5, 5.41) is 11.2. The monoisotopic (exact) mass is 328 g/mol. The van der Waals surface area contributed by atoms with Crippen LogP contribution in [0.3, 0.4) is 0 Å². The minimum Gasteiger partial charge on any atom is -0.305 e. The van der Waals surface area contributed by atoms with Gasteiger partial charge in [-0.05, 0) is 43.4 Å². The van der Waals surface area contributed by atoms with E-state index >= 15 is 0 Å². The van der Waals surface area contributed by atoms with Crippen LogP contribution in [-0.4, -0.2) is 23.1 Å². The zero-order valence-electron chi connectivity index (χ0n) is 12.9. The number of para-hydroxylation sites is 1. The number of carbonyl (C=O) groups is 1. The summed E-state index contributed by atoms with van der Waals surface area (Å²) in [6.45, 7) is 1.99. The molecule has 0 saturated carbocycles. The van der Waals surface area contributed by atoms with E-state index in [2.05, 4.69) is 0 Å². The van der Waals surface area contributed by atoms with Crippen molar-refractivity contribution in [1.29, 1.82) is 0 Å². The summed E-state index contributed by atoms with van der Waals surface area (Å²) < 4.78 is 0. The Morgan fingerprint density at radius 3 is 2.74 bits per heavy atom. The number of rotatable bonds is 3. The molecule has 1 unspecified atom stereocenters. The van der Waals surface area contributed by atoms with Crippen LogP contribution in [-0.2, 0) is 6.42 Å². The van der Waals surface area contributed by atoms with Gasteiger partial charge in [0, 0.05) is 23.4 Å². The first-order valence-electron chi connectivity index (χ1n) is 7.27. The molecule has 1 aliphatic rings. The van der Waals surface area contributed by atoms with E-state index in [1.165, 1.54) is 17.8 Å². The van der Waals surface area contributed by atoms with E-state index in [0.29, 0.717) is 10.5 Å². The molecule has 118 valence electrons. The number of thioether (sulfide) groups is 1. The molecule has 3 rings (SSSR count). The molecule has 1 aliphatic heterocycles. The fraction of sp³-hybridized carbons (Fsp3) is 0.235. The quantitative estimate of drug-likeness (QED) is 0.487. The van der Waals surface area contributed by atoms with Gasteiger partial charge in [-0.3, -0.25) is 14.9 Å². The number of nitrogens with zero attached hydrogens (tertiary/aromatic N) is 2. The molecule has 1 atom stereocenters. The molecule has 2 aromatic carbocycles. The van der Waals surface area contributed by atoms with Crippen molar-refractivity contribution >= 4 is 29.0 Å². The first kappa shape index (κ1) is 15.6. The van der Waals surface area contributed by atoms with Gasteiger partial charge in [0.2, 0.25) is 0 Å². The fourth-order valence-corrected chi connectivity index (χ4v) is 3.53. The average molecular weight is 328 g/mol. The molecule has 0 N–H and O–H groups in total. The van der Waals surface area contributed by atoms with Gasteiger partial charge in [0.25, 0.3) is 11.6 Å². The minimum atomic E-state index is -0.441. The molecule has 1 amide bonds. The lowest BCUT2D eigenvalue weighted by molar-refractivity contribution is -0.387. The Kier molecular flexibility index (Phi) is 4.09. The van der Waals surface area contributed by atoms with Gasteiger partial charge < -0.3 is 4.90 Å². The van der Waals surface area contributed by atoms with Crippen LogP contribution in [0, 0.1) is 10.1 Å². The Labute approximate surface area is 138 Å². The molecule has 0 aromatic heterocycles. The van der Waals surface area contributed by atoms with E-state index in [1.807, 2.05) is 31.2 Å². The summed E-state index contributed by atoms with van der Waals surface area (Å²) >= 11 is 1.30. The van der Waals surface area contributed by atoms with Gasteiger partial charge in [-0.25, -0.2) is 0 Å². The number of fused-ring (bicyclic) bond motifs is 1. The van der Waals surface area contributed by atoms with E-state index < -0.39 is 4.92 Å². The second-order valence-corrected chi connectivity index (χ2v) is 6.35. The largest absolute Gasteiger partial charge is 0.305 e. The standard InChI is InChI=1S/C17H16N2O3S/c1-11-9-12-5-3-4-6-14(12)18(11)17(20)13-7-8-16(23-2)15(10-13)19(21)22/h3-8,10-11H,9H2,1-2H3. The Morgan fingerprint density at radius 2 is 2.04 bits per heavy atom. The lowest BCUT2D eigenvalue weighted by Crippen LogP contribution is -2.35. The van der Waals surface area contributed by atoms with Crippen molar-refractivity contribution in [3.63, 3.8) is 0 Å². The highest BCUT2D eigenvalue weighted by atomic mass is 32.2. The number of hydrogen-bond donors (Lipinski definition) is 0. The summed E-state index contributed by atoms with van der Waals surface area (Å²) in [5.74, 6) is -0.196. The van der Waals surface area contributed by atoms with Crippen LogP contribution in [0.15, 0.2) is 47.4 Å². The third-order valence-electron chi connectivity index (χ3n) is 4.05. The van der Waals surface area contributed by atoms with Crippen LogP contribution in [0.4, 0.5) is 11.4 Å². The Bertz CT molecular complexity index is 791. The van der Waals surface area contributed by atoms with Crippen molar-refractivity contribution in [3.05, 3.63) is 63.7 Å². The molecular weight excluding hydrogens is 312 g/mol. The maximum atomic E-state index is 12.9. The molecule has 0 bridgehead atoms. The summed E-state index contributed by atoms with van der Waals surface area (Å²) in [6.07, 6.45) is 2.58. The van der Waals surface area contributed by atoms with Crippen molar-refractivity contribution in [2.75, 3.05) is 11.2 Å². The maximum absolute atomic E-state index is 12.9. The average Bonchev–Trinajstić information content (AvgIpc) is 2.89. The normalized spacial score (nSPS) is 16.3. The number of anilines is 1. The summed E-state index contributed by atoms with van der Waals surface area (Å²) in [5.41, 5.74) is 2.34. The van der Waals surface area contributed by atoms with E-state index in [9.17, 15) is 14.9 Å². The predicted molar refractivity (Wildman–Crippen MR) is 91.3 cm³/mol. The summed E-state index contributed by atoms with van der Waals surface area (Å²) in [7, 11) is 0. The van der Waals surface area contributed by atoms with E-state index in [0.717, 1.165) is 17.7 Å². The van der Waals surface area contributed by atoms with Gasteiger partial charge in [-0.15, -0.1) is 11.8 Å². The molecular formula is C17H16N2O3S. The molecule has 0 spiro atoms. The predicted octanol–water partition coefficient (Wildman–Crippen LogP) is 3.91. The summed E-state index contributed by atoms with van der Waals surface area (Å²) in [6, 6.07) is 12.5. The van der Waals surface area contributed by atoms with Crippen molar-refractivity contribution < 1.29 is 9.72 Å². The van der Waals surface area contributed by atoms with Crippen molar-refractivity contribution in [2.45, 2.75) is 24.3 Å². The van der Waals surface area contributed by atoms with Crippen LogP contribution in [0.5, 0.6) is 0 Å². The second-order valence-electron chi connectivity index (χ2n) is 5.50. The molecule has 5 nitrogen and oxygen atoms in total. The van der Waals surface area contributed by atoms with Crippen LogP contribution in [0.25, 0.3) is 0 Å². The highest BCUT2D eigenvalue weighted by Crippen LogP contribution is 2.34. The van der Waals surface area contributed by atoms with Crippen molar-refractivity contribution in [2.24, 2.45) is 0 Å². The number of nitro groups is 1. The number of amides is 1. The van der Waals surface area contributed by atoms with Crippen LogP contribution >= 0.6 is 11.8 Å². The highest BCUT2D eigenvalue weighted by molar-refractivity contribution is 7.98. The lowest BCUT2D eigenvalue weighted by atomic mass is 10.1. The van der Waals surface area contributed by atoms with Crippen LogP contribution in [0.1, 0.15) is 22.8 Å². The molecule has 23 heavy (non-hydrogen) atoms. The molecule has 0 fully saturated rings. The Hall–Kier alpha value is -2.34. The fourth-order valence-electron chi connectivity index (χ4n) is 2.98. The SMILES string of the molecule is CSc1ccc(C(=O)N2c3ccccc3CC2C)cc1[N+](=O)[O-]. The molecule has 2 aromatic rings. The number of benzene rings is 2. The second kappa shape index (κ2) is 6.04.